The summed E-state index contributed by atoms with van der Waals surface area (Å²) in [6, 6.07) is 18.0. The molecule has 0 radical (unpaired) electrons. The van der Waals surface area contributed by atoms with E-state index in [4.69, 9.17) is 28.4 Å². The number of piperidine rings is 1. The second-order valence-electron chi connectivity index (χ2n) is 10.5. The third-order valence-corrected chi connectivity index (χ3v) is 8.58. The number of benzene rings is 2. The molecule has 1 aliphatic heterocycles. The Morgan fingerprint density at radius 3 is 2.42 bits per heavy atom. The molecule has 0 amide bonds. The molecule has 5 N–H and O–H groups in total. The number of thiocarbonyl (C=S) groups is 1. The zero-order chi connectivity index (χ0) is 28.2. The maximum absolute atomic E-state index is 13.5. The molecule has 2 aliphatic rings. The smallest absolute Gasteiger partial charge is 0.329 e. The van der Waals surface area contributed by atoms with E-state index >= 15 is 0 Å². The van der Waals surface area contributed by atoms with Crippen molar-refractivity contribution in [1.29, 1.82) is 0 Å². The van der Waals surface area contributed by atoms with Gasteiger partial charge in [0.15, 0.2) is 11.1 Å². The molecule has 0 unspecified atom stereocenters. The number of methoxy groups -OCH3 is 1. The van der Waals surface area contributed by atoms with Gasteiger partial charge in [0.1, 0.15) is 0 Å². The number of likely N-dealkylation sites (tertiary alicyclic amines) is 1. The molecule has 1 saturated carbocycles. The van der Waals surface area contributed by atoms with Gasteiger partial charge < -0.3 is 26.4 Å². The van der Waals surface area contributed by atoms with E-state index < -0.39 is 0 Å². The van der Waals surface area contributed by atoms with Gasteiger partial charge in [-0.2, -0.15) is 0 Å². The van der Waals surface area contributed by atoms with Gasteiger partial charge in [0.2, 0.25) is 0 Å². The molecule has 0 spiro atoms. The molecule has 1 aromatic heterocycles. The molecular formula is C29H37N7O3S. The molecule has 40 heavy (non-hydrogen) atoms. The van der Waals surface area contributed by atoms with Crippen LogP contribution in [-0.4, -0.2) is 63.9 Å². The van der Waals surface area contributed by atoms with Crippen molar-refractivity contribution < 1.29 is 9.53 Å². The summed E-state index contributed by atoms with van der Waals surface area (Å²) in [7, 11) is 1.44. The fourth-order valence-corrected chi connectivity index (χ4v) is 6.46. The predicted octanol–water partition coefficient (Wildman–Crippen LogP) is 2.32. The van der Waals surface area contributed by atoms with Crippen molar-refractivity contribution in [3.8, 4) is 0 Å². The minimum atomic E-state index is -0.278. The van der Waals surface area contributed by atoms with Crippen LogP contribution in [0.15, 0.2) is 64.4 Å². The number of imidazole rings is 1. The molecule has 10 nitrogen and oxygen atoms in total. The summed E-state index contributed by atoms with van der Waals surface area (Å²) in [6.45, 7) is 2.47. The van der Waals surface area contributed by atoms with Crippen LogP contribution in [-0.2, 0) is 16.1 Å². The average molecular weight is 564 g/mol. The minimum Gasteiger partial charge on any atom is -0.469 e. The van der Waals surface area contributed by atoms with Gasteiger partial charge in [-0.25, -0.2) is 4.79 Å². The Hall–Kier alpha value is -3.86. The average Bonchev–Trinajstić information content (AvgIpc) is 3.24. The number of rotatable bonds is 8. The van der Waals surface area contributed by atoms with Crippen molar-refractivity contribution in [2.24, 2.45) is 22.4 Å². The van der Waals surface area contributed by atoms with Gasteiger partial charge in [0.05, 0.1) is 24.1 Å². The Balaban J connectivity index is 1.23. The van der Waals surface area contributed by atoms with Crippen molar-refractivity contribution in [1.82, 2.24) is 19.4 Å². The number of para-hydroxylation sites is 2. The van der Waals surface area contributed by atoms with Crippen molar-refractivity contribution in [2.45, 2.75) is 50.2 Å². The molecule has 1 aliphatic carbocycles. The second kappa shape index (κ2) is 12.1. The molecule has 3 atom stereocenters. The first-order chi connectivity index (χ1) is 19.4. The van der Waals surface area contributed by atoms with Gasteiger partial charge in [-0.3, -0.25) is 18.9 Å². The summed E-state index contributed by atoms with van der Waals surface area (Å²) in [5.74, 6) is -0.320. The van der Waals surface area contributed by atoms with E-state index in [-0.39, 0.29) is 41.5 Å². The number of aliphatic imine (C=N–C) groups is 1. The first kappa shape index (κ1) is 27.7. The standard InChI is InChI=1S/C29H37N7O3S/c1-39-26(37)25-21(19-8-3-2-4-9-19)18-22(25)33-28(40)34-16-12-20(13-17-34)36-24-11-6-5-10-23(24)35(29(36)38)15-7-14-32-27(30)31/h2-6,8-11,20-22,25H,7,12-18H2,1H3,(H,33,40)(H4,30,31,32)/t21-,22-,25+/m1/s1. The number of guanidine groups is 1. The number of hydrogen-bond acceptors (Lipinski definition) is 5. The molecular weight excluding hydrogens is 526 g/mol. The highest BCUT2D eigenvalue weighted by molar-refractivity contribution is 7.80. The van der Waals surface area contributed by atoms with Gasteiger partial charge in [0, 0.05) is 44.2 Å². The highest BCUT2D eigenvalue weighted by Crippen LogP contribution is 2.43. The van der Waals surface area contributed by atoms with Crippen molar-refractivity contribution in [3.05, 3.63) is 70.6 Å². The minimum absolute atomic E-state index is 0.00704. The van der Waals surface area contributed by atoms with Gasteiger partial charge in [-0.05, 0) is 55.6 Å². The lowest BCUT2D eigenvalue weighted by atomic mass is 9.66. The molecule has 11 heteroatoms. The number of aryl methyl sites for hydroxylation is 1. The van der Waals surface area contributed by atoms with Crippen LogP contribution in [0.2, 0.25) is 0 Å². The SMILES string of the molecule is COC(=O)[C@H]1[C@@H](c2ccccc2)C[C@H]1NC(=S)N1CCC(n2c(=O)n(CCCN=C(N)N)c3ccccc32)CC1. The largest absolute Gasteiger partial charge is 0.469 e. The zero-order valence-corrected chi connectivity index (χ0v) is 23.6. The van der Waals surface area contributed by atoms with E-state index in [0.29, 0.717) is 24.6 Å². The molecule has 2 aromatic carbocycles. The highest BCUT2D eigenvalue weighted by atomic mass is 32.1. The third kappa shape index (κ3) is 5.56. The molecule has 0 bridgehead atoms. The number of carbonyl (C=O) groups excluding carboxylic acids is 1. The number of esters is 1. The first-order valence-electron chi connectivity index (χ1n) is 13.8. The number of nitrogens with one attached hydrogen (secondary N) is 1. The van der Waals surface area contributed by atoms with Crippen LogP contribution >= 0.6 is 12.2 Å². The Morgan fingerprint density at radius 2 is 1.75 bits per heavy atom. The normalized spacial score (nSPS) is 21.0. The number of hydrogen-bond donors (Lipinski definition) is 3. The van der Waals surface area contributed by atoms with Crippen molar-refractivity contribution >= 4 is 40.3 Å². The van der Waals surface area contributed by atoms with Crippen LogP contribution in [0.3, 0.4) is 0 Å². The Bertz CT molecular complexity index is 1440. The lowest BCUT2D eigenvalue weighted by Gasteiger charge is -2.45. The van der Waals surface area contributed by atoms with Crippen LogP contribution in [0, 0.1) is 5.92 Å². The second-order valence-corrected chi connectivity index (χ2v) is 10.9. The van der Waals surface area contributed by atoms with Crippen molar-refractivity contribution in [2.75, 3.05) is 26.7 Å². The molecule has 5 rings (SSSR count). The molecule has 212 valence electrons. The highest BCUT2D eigenvalue weighted by Gasteiger charge is 2.48. The Labute approximate surface area is 239 Å². The van der Waals surface area contributed by atoms with Crippen LogP contribution < -0.4 is 22.5 Å². The van der Waals surface area contributed by atoms with Gasteiger partial charge in [-0.1, -0.05) is 42.5 Å². The third-order valence-electron chi connectivity index (χ3n) is 8.20. The van der Waals surface area contributed by atoms with E-state index in [0.717, 1.165) is 48.9 Å². The molecule has 1 saturated heterocycles. The maximum atomic E-state index is 13.5. The number of ether oxygens (including phenoxy) is 1. The number of aromatic nitrogens is 2. The number of fused-ring (bicyclic) bond motifs is 1. The van der Waals surface area contributed by atoms with Gasteiger partial charge in [-0.15, -0.1) is 0 Å². The lowest BCUT2D eigenvalue weighted by molar-refractivity contribution is -0.150. The molecule has 2 fully saturated rings. The number of nitrogens with zero attached hydrogens (tertiary/aromatic N) is 4. The number of nitrogens with two attached hydrogens (primary N) is 2. The zero-order valence-electron chi connectivity index (χ0n) is 22.7. The van der Waals surface area contributed by atoms with Crippen LogP contribution in [0.25, 0.3) is 11.0 Å². The monoisotopic (exact) mass is 563 g/mol. The van der Waals surface area contributed by atoms with Crippen molar-refractivity contribution in [3.63, 3.8) is 0 Å². The van der Waals surface area contributed by atoms with Crippen LogP contribution in [0.5, 0.6) is 0 Å². The number of carbonyl (C=O) groups is 1. The Kier molecular flexibility index (Phi) is 8.39. The van der Waals surface area contributed by atoms with Crippen LogP contribution in [0.4, 0.5) is 0 Å². The van der Waals surface area contributed by atoms with E-state index in [1.54, 1.807) is 0 Å². The van der Waals surface area contributed by atoms with E-state index in [9.17, 15) is 9.59 Å². The summed E-state index contributed by atoms with van der Waals surface area (Å²) in [5, 5.41) is 4.09. The summed E-state index contributed by atoms with van der Waals surface area (Å²) < 4.78 is 8.89. The van der Waals surface area contributed by atoms with E-state index in [1.807, 2.05) is 51.6 Å². The van der Waals surface area contributed by atoms with Gasteiger partial charge >= 0.3 is 11.7 Å². The van der Waals surface area contributed by atoms with Gasteiger partial charge in [0.25, 0.3) is 0 Å². The summed E-state index contributed by atoms with van der Waals surface area (Å²) in [4.78, 5) is 32.4. The molecule has 3 aromatic rings. The van der Waals surface area contributed by atoms with E-state index in [1.165, 1.54) is 7.11 Å². The predicted molar refractivity (Wildman–Crippen MR) is 160 cm³/mol. The topological polar surface area (TPSA) is 133 Å². The lowest BCUT2D eigenvalue weighted by Crippen LogP contribution is -2.58. The van der Waals surface area contributed by atoms with E-state index in [2.05, 4.69) is 27.3 Å². The quantitative estimate of drug-likeness (QED) is 0.125. The summed E-state index contributed by atoms with van der Waals surface area (Å²) in [6.07, 6.45) is 3.07. The Morgan fingerprint density at radius 1 is 1.07 bits per heavy atom. The fraction of sp³-hybridized carbons (Fsp3) is 0.448. The summed E-state index contributed by atoms with van der Waals surface area (Å²) in [5.41, 5.74) is 13.9. The van der Waals surface area contributed by atoms with Crippen LogP contribution in [0.1, 0.15) is 43.2 Å². The first-order valence-corrected chi connectivity index (χ1v) is 14.2. The molecule has 2 heterocycles. The maximum Gasteiger partial charge on any atom is 0.329 e. The summed E-state index contributed by atoms with van der Waals surface area (Å²) >= 11 is 5.78. The fourth-order valence-electron chi connectivity index (χ4n) is 6.12.